The monoisotopic (exact) mass is 138 g/mol. The first-order valence-electron chi connectivity index (χ1n) is 3.06. The average Bonchev–Trinajstić information content (AvgIpc) is 1.88. The Morgan fingerprint density at radius 2 is 2.60 bits per heavy atom. The van der Waals surface area contributed by atoms with E-state index in [2.05, 4.69) is 11.6 Å². The zero-order valence-electron chi connectivity index (χ0n) is 5.70. The molecule has 0 aliphatic carbocycles. The van der Waals surface area contributed by atoms with Crippen molar-refractivity contribution in [1.82, 2.24) is 4.90 Å². The van der Waals surface area contributed by atoms with Crippen molar-refractivity contribution < 1.29 is 5.11 Å². The van der Waals surface area contributed by atoms with Gasteiger partial charge in [0, 0.05) is 12.4 Å². The second kappa shape index (κ2) is 3.06. The van der Waals surface area contributed by atoms with Crippen molar-refractivity contribution in [1.29, 1.82) is 0 Å². The molecule has 0 bridgehead atoms. The molecule has 10 heavy (non-hydrogen) atoms. The highest BCUT2D eigenvalue weighted by molar-refractivity contribution is 5.71. The molecule has 1 aliphatic rings. The number of aliphatic imine (C=N–C) groups is 1. The molecule has 0 spiro atoms. The van der Waals surface area contributed by atoms with Gasteiger partial charge in [0.25, 0.3) is 0 Å². The minimum atomic E-state index is 0.168. The number of aliphatic hydroxyl groups is 1. The maximum Gasteiger partial charge on any atom is 0.110 e. The Balaban J connectivity index is 2.37. The van der Waals surface area contributed by atoms with Crippen LogP contribution in [0, 0.1) is 0 Å². The lowest BCUT2D eigenvalue weighted by Gasteiger charge is -2.18. The van der Waals surface area contributed by atoms with E-state index < -0.39 is 0 Å². The Morgan fingerprint density at radius 3 is 3.10 bits per heavy atom. The molecule has 1 aliphatic heterocycles. The van der Waals surface area contributed by atoms with Crippen molar-refractivity contribution in [2.75, 3.05) is 13.2 Å². The molecule has 0 aromatic carbocycles. The topological polar surface area (TPSA) is 35.8 Å². The summed E-state index contributed by atoms with van der Waals surface area (Å²) in [6, 6.07) is 0. The molecule has 0 atom stereocenters. The Labute approximate surface area is 60.0 Å². The summed E-state index contributed by atoms with van der Waals surface area (Å²) in [6.07, 6.45) is 5.43. The minimum Gasteiger partial charge on any atom is -0.511 e. The van der Waals surface area contributed by atoms with Gasteiger partial charge in [-0.2, -0.15) is 0 Å². The molecule has 0 radical (unpaired) electrons. The number of allylic oxidation sites excluding steroid dienone is 1. The summed E-state index contributed by atoms with van der Waals surface area (Å²) >= 11 is 0. The fourth-order valence-electron chi connectivity index (χ4n) is 0.757. The second-order valence-corrected chi connectivity index (χ2v) is 2.13. The van der Waals surface area contributed by atoms with E-state index in [9.17, 15) is 0 Å². The number of hydrogen-bond acceptors (Lipinski definition) is 3. The van der Waals surface area contributed by atoms with Gasteiger partial charge in [0.05, 0.1) is 6.54 Å². The van der Waals surface area contributed by atoms with Gasteiger partial charge in [-0.25, -0.2) is 0 Å². The first-order valence-corrected chi connectivity index (χ1v) is 3.06. The molecular weight excluding hydrogens is 128 g/mol. The minimum absolute atomic E-state index is 0.168. The summed E-state index contributed by atoms with van der Waals surface area (Å²) in [5.74, 6) is 0.168. The van der Waals surface area contributed by atoms with Crippen LogP contribution < -0.4 is 0 Å². The van der Waals surface area contributed by atoms with E-state index in [4.69, 9.17) is 5.11 Å². The van der Waals surface area contributed by atoms with E-state index in [0.29, 0.717) is 13.2 Å². The molecule has 0 unspecified atom stereocenters. The van der Waals surface area contributed by atoms with Crippen LogP contribution in [0.15, 0.2) is 29.6 Å². The normalized spacial score (nSPS) is 15.8. The number of rotatable bonds is 2. The van der Waals surface area contributed by atoms with E-state index in [-0.39, 0.29) is 5.76 Å². The van der Waals surface area contributed by atoms with Crippen LogP contribution in [0.5, 0.6) is 0 Å². The van der Waals surface area contributed by atoms with Crippen LogP contribution in [0.3, 0.4) is 0 Å². The molecule has 54 valence electrons. The van der Waals surface area contributed by atoms with Crippen molar-refractivity contribution in [2.45, 2.75) is 0 Å². The predicted octanol–water partition coefficient (Wildman–Crippen LogP) is 0.916. The molecule has 0 fully saturated rings. The predicted molar refractivity (Wildman–Crippen MR) is 41.0 cm³/mol. The standard InChI is InChI=1S/C7H10N2O/c1-7(10)5-9-4-2-3-8-6-9/h2-4,10H,1,5-6H2. The highest BCUT2D eigenvalue weighted by atomic mass is 16.3. The number of hydrogen-bond donors (Lipinski definition) is 1. The third-order valence-electron chi connectivity index (χ3n) is 1.14. The highest BCUT2D eigenvalue weighted by Gasteiger charge is 1.99. The maximum absolute atomic E-state index is 8.78. The zero-order chi connectivity index (χ0) is 7.40. The van der Waals surface area contributed by atoms with E-state index in [1.165, 1.54) is 0 Å². The lowest BCUT2D eigenvalue weighted by Crippen LogP contribution is -2.21. The smallest absolute Gasteiger partial charge is 0.110 e. The van der Waals surface area contributed by atoms with Gasteiger partial charge in [-0.05, 0) is 6.08 Å². The highest BCUT2D eigenvalue weighted by Crippen LogP contribution is 1.97. The molecule has 3 heteroatoms. The summed E-state index contributed by atoms with van der Waals surface area (Å²) in [5, 5.41) is 8.78. The van der Waals surface area contributed by atoms with Gasteiger partial charge >= 0.3 is 0 Å². The Morgan fingerprint density at radius 1 is 1.80 bits per heavy atom. The molecule has 0 saturated heterocycles. The quantitative estimate of drug-likeness (QED) is 0.576. The Bertz CT molecular complexity index is 184. The molecule has 0 aromatic rings. The average molecular weight is 138 g/mol. The van der Waals surface area contributed by atoms with Crippen LogP contribution in [0.4, 0.5) is 0 Å². The molecule has 1 heterocycles. The lowest BCUT2D eigenvalue weighted by atomic mass is 10.4. The fraction of sp³-hybridized carbons (Fsp3) is 0.286. The summed E-state index contributed by atoms with van der Waals surface area (Å²) < 4.78 is 0. The van der Waals surface area contributed by atoms with Gasteiger partial charge < -0.3 is 10.0 Å². The van der Waals surface area contributed by atoms with Crippen molar-refractivity contribution in [3.63, 3.8) is 0 Å². The van der Waals surface area contributed by atoms with Crippen LogP contribution in [0.1, 0.15) is 0 Å². The Kier molecular flexibility index (Phi) is 2.10. The van der Waals surface area contributed by atoms with Gasteiger partial charge in [-0.1, -0.05) is 6.58 Å². The zero-order valence-corrected chi connectivity index (χ0v) is 5.70. The number of nitrogens with zero attached hydrogens (tertiary/aromatic N) is 2. The molecule has 0 aromatic heterocycles. The molecule has 0 amide bonds. The fourth-order valence-corrected chi connectivity index (χ4v) is 0.757. The van der Waals surface area contributed by atoms with Crippen LogP contribution >= 0.6 is 0 Å². The van der Waals surface area contributed by atoms with Gasteiger partial charge in [-0.15, -0.1) is 0 Å². The van der Waals surface area contributed by atoms with Crippen LogP contribution in [0.25, 0.3) is 0 Å². The maximum atomic E-state index is 8.78. The molecule has 3 nitrogen and oxygen atoms in total. The molecule has 1 rings (SSSR count). The molecular formula is C7H10N2O. The first-order chi connectivity index (χ1) is 4.79. The lowest BCUT2D eigenvalue weighted by molar-refractivity contribution is 0.318. The van der Waals surface area contributed by atoms with Crippen LogP contribution in [0.2, 0.25) is 0 Å². The van der Waals surface area contributed by atoms with Crippen LogP contribution in [-0.4, -0.2) is 29.4 Å². The second-order valence-electron chi connectivity index (χ2n) is 2.13. The van der Waals surface area contributed by atoms with Crippen molar-refractivity contribution >= 4 is 6.21 Å². The van der Waals surface area contributed by atoms with E-state index in [1.807, 2.05) is 17.2 Å². The van der Waals surface area contributed by atoms with Crippen molar-refractivity contribution in [3.8, 4) is 0 Å². The van der Waals surface area contributed by atoms with E-state index >= 15 is 0 Å². The van der Waals surface area contributed by atoms with E-state index in [0.717, 1.165) is 0 Å². The van der Waals surface area contributed by atoms with Crippen LogP contribution in [-0.2, 0) is 0 Å². The molecule has 1 N–H and O–H groups in total. The van der Waals surface area contributed by atoms with Gasteiger partial charge in [-0.3, -0.25) is 4.99 Å². The summed E-state index contributed by atoms with van der Waals surface area (Å²) in [4.78, 5) is 5.84. The van der Waals surface area contributed by atoms with Gasteiger partial charge in [0.1, 0.15) is 12.4 Å². The van der Waals surface area contributed by atoms with E-state index in [1.54, 1.807) is 6.21 Å². The third kappa shape index (κ3) is 1.93. The SMILES string of the molecule is C=C(O)CN1C=CC=NC1. The van der Waals surface area contributed by atoms with Gasteiger partial charge in [0.15, 0.2) is 0 Å². The van der Waals surface area contributed by atoms with Crippen molar-refractivity contribution in [3.05, 3.63) is 24.6 Å². The summed E-state index contributed by atoms with van der Waals surface area (Å²) in [6.45, 7) is 4.45. The Hall–Kier alpha value is -1.25. The summed E-state index contributed by atoms with van der Waals surface area (Å²) in [7, 11) is 0. The third-order valence-corrected chi connectivity index (χ3v) is 1.14. The first kappa shape index (κ1) is 6.86. The largest absolute Gasteiger partial charge is 0.511 e. The summed E-state index contributed by atoms with van der Waals surface area (Å²) in [5.41, 5.74) is 0. The number of aliphatic hydroxyl groups excluding tert-OH is 1. The van der Waals surface area contributed by atoms with Crippen molar-refractivity contribution in [2.24, 2.45) is 4.99 Å². The molecule has 0 saturated carbocycles. The van der Waals surface area contributed by atoms with Gasteiger partial charge in [0.2, 0.25) is 0 Å².